The van der Waals surface area contributed by atoms with Crippen molar-refractivity contribution in [1.29, 1.82) is 0 Å². The number of carboxylic acid groups (broad SMARTS) is 2. The number of carbonyl (C=O) groups excluding carboxylic acids is 4. The minimum Gasteiger partial charge on any atom is -0.481 e. The zero-order valence-corrected chi connectivity index (χ0v) is 24.6. The molecule has 0 saturated carbocycles. The lowest BCUT2D eigenvalue weighted by atomic mass is 10.0. The fourth-order valence-electron chi connectivity index (χ4n) is 5.12. The van der Waals surface area contributed by atoms with Crippen molar-refractivity contribution in [3.63, 3.8) is 0 Å². The van der Waals surface area contributed by atoms with E-state index >= 15 is 0 Å². The predicted octanol–water partition coefficient (Wildman–Crippen LogP) is 0.0409. The Kier molecular flexibility index (Phi) is 10.7. The molecular formula is C31H35N7O8. The molecule has 0 bridgehead atoms. The van der Waals surface area contributed by atoms with Crippen LogP contribution in [-0.2, 0) is 41.6 Å². The number of carbonyl (C=O) groups is 6. The normalized spacial score (nSPS) is 13.8. The molecule has 0 spiro atoms. The number of H-pyrrole nitrogens is 2. The Bertz CT molecular complexity index is 1760. The average Bonchev–Trinajstić information content (AvgIpc) is 3.62. The summed E-state index contributed by atoms with van der Waals surface area (Å²) >= 11 is 0. The van der Waals surface area contributed by atoms with Gasteiger partial charge >= 0.3 is 11.9 Å². The molecule has 11 N–H and O–H groups in total. The molecule has 2 heterocycles. The maximum atomic E-state index is 13.6. The second-order valence-electron chi connectivity index (χ2n) is 10.9. The molecule has 0 aliphatic carbocycles. The first-order valence-electron chi connectivity index (χ1n) is 14.4. The Morgan fingerprint density at radius 3 is 1.74 bits per heavy atom. The molecule has 0 saturated heterocycles. The van der Waals surface area contributed by atoms with Crippen LogP contribution < -0.4 is 27.4 Å². The monoisotopic (exact) mass is 633 g/mol. The largest absolute Gasteiger partial charge is 0.481 e. The maximum absolute atomic E-state index is 13.6. The number of fused-ring (bicyclic) bond motifs is 2. The molecule has 0 aliphatic rings. The standard InChI is InChI=1S/C31H35N7O8/c32-20(11-16-14-34-21-7-3-1-5-18(16)21)28(42)36-23(9-10-27(40)41)29(43)37-24(30(44)38-25(31(45)46)13-26(33)39)12-17-15-35-22-8-4-2-6-19(17)22/h1-8,14-15,20,23-25,34-35H,9-13,32H2,(H2,33,39)(H,36,42)(H,37,43)(H,38,44)(H,40,41)(H,45,46). The number of nitrogens with one attached hydrogen (secondary N) is 5. The van der Waals surface area contributed by atoms with E-state index < -0.39 is 72.6 Å². The predicted molar refractivity (Wildman–Crippen MR) is 166 cm³/mol. The Labute approximate surface area is 262 Å². The minimum atomic E-state index is -1.67. The van der Waals surface area contributed by atoms with Gasteiger partial charge in [0.1, 0.15) is 18.1 Å². The summed E-state index contributed by atoms with van der Waals surface area (Å²) in [6.07, 6.45) is 1.84. The highest BCUT2D eigenvalue weighted by molar-refractivity contribution is 5.96. The van der Waals surface area contributed by atoms with Gasteiger partial charge in [0, 0.05) is 47.0 Å². The molecule has 4 amide bonds. The van der Waals surface area contributed by atoms with Crippen LogP contribution in [-0.4, -0.2) is 79.9 Å². The molecular weight excluding hydrogens is 598 g/mol. The molecule has 0 radical (unpaired) electrons. The molecule has 15 heteroatoms. The number of nitrogens with two attached hydrogens (primary N) is 2. The Balaban J connectivity index is 1.54. The minimum absolute atomic E-state index is 0.116. The smallest absolute Gasteiger partial charge is 0.326 e. The van der Waals surface area contributed by atoms with Crippen molar-refractivity contribution in [2.75, 3.05) is 0 Å². The molecule has 46 heavy (non-hydrogen) atoms. The Morgan fingerprint density at radius 1 is 0.696 bits per heavy atom. The van der Waals surface area contributed by atoms with E-state index in [0.717, 1.165) is 27.4 Å². The molecule has 0 aliphatic heterocycles. The molecule has 242 valence electrons. The second-order valence-corrected chi connectivity index (χ2v) is 10.9. The van der Waals surface area contributed by atoms with E-state index in [1.54, 1.807) is 36.7 Å². The maximum Gasteiger partial charge on any atom is 0.326 e. The van der Waals surface area contributed by atoms with Gasteiger partial charge in [-0.1, -0.05) is 36.4 Å². The van der Waals surface area contributed by atoms with Crippen LogP contribution in [0.15, 0.2) is 60.9 Å². The molecule has 2 aromatic carbocycles. The molecule has 4 rings (SSSR count). The van der Waals surface area contributed by atoms with Gasteiger partial charge in [-0.25, -0.2) is 4.79 Å². The van der Waals surface area contributed by atoms with Gasteiger partial charge in [0.05, 0.1) is 12.5 Å². The third-order valence-electron chi connectivity index (χ3n) is 7.48. The van der Waals surface area contributed by atoms with Gasteiger partial charge in [-0.05, 0) is 36.1 Å². The van der Waals surface area contributed by atoms with E-state index in [1.807, 2.05) is 24.3 Å². The van der Waals surface area contributed by atoms with Crippen molar-refractivity contribution in [1.82, 2.24) is 25.9 Å². The summed E-state index contributed by atoms with van der Waals surface area (Å²) in [4.78, 5) is 80.8. The first-order valence-corrected chi connectivity index (χ1v) is 14.4. The molecule has 4 aromatic rings. The summed E-state index contributed by atoms with van der Waals surface area (Å²) in [5.74, 6) is -6.26. The van der Waals surface area contributed by atoms with Crippen LogP contribution in [0.4, 0.5) is 0 Å². The van der Waals surface area contributed by atoms with E-state index in [2.05, 4.69) is 25.9 Å². The van der Waals surface area contributed by atoms with Crippen molar-refractivity contribution in [2.24, 2.45) is 11.5 Å². The number of hydrogen-bond acceptors (Lipinski definition) is 7. The van der Waals surface area contributed by atoms with Crippen molar-refractivity contribution in [3.8, 4) is 0 Å². The van der Waals surface area contributed by atoms with E-state index in [-0.39, 0.29) is 19.3 Å². The van der Waals surface area contributed by atoms with Gasteiger partial charge < -0.3 is 47.6 Å². The number of rotatable bonds is 16. The highest BCUT2D eigenvalue weighted by atomic mass is 16.4. The van der Waals surface area contributed by atoms with Crippen LogP contribution >= 0.6 is 0 Å². The third kappa shape index (κ3) is 8.47. The van der Waals surface area contributed by atoms with Crippen molar-refractivity contribution >= 4 is 57.4 Å². The van der Waals surface area contributed by atoms with Crippen molar-refractivity contribution in [3.05, 3.63) is 72.1 Å². The number of primary amides is 1. The summed E-state index contributed by atoms with van der Waals surface area (Å²) in [5.41, 5.74) is 14.3. The van der Waals surface area contributed by atoms with Gasteiger partial charge in [0.2, 0.25) is 23.6 Å². The number of aromatic nitrogens is 2. The lowest BCUT2D eigenvalue weighted by Gasteiger charge is -2.25. The second kappa shape index (κ2) is 14.9. The Hall–Kier alpha value is -5.70. The number of carboxylic acids is 2. The number of amides is 4. The fourth-order valence-corrected chi connectivity index (χ4v) is 5.12. The van der Waals surface area contributed by atoms with Gasteiger partial charge in [-0.15, -0.1) is 0 Å². The number of benzene rings is 2. The Morgan fingerprint density at radius 2 is 1.20 bits per heavy atom. The van der Waals surface area contributed by atoms with Crippen molar-refractivity contribution in [2.45, 2.75) is 56.3 Å². The van der Waals surface area contributed by atoms with E-state index in [4.69, 9.17) is 11.5 Å². The van der Waals surface area contributed by atoms with E-state index in [0.29, 0.717) is 5.56 Å². The van der Waals surface area contributed by atoms with Crippen molar-refractivity contribution < 1.29 is 39.0 Å². The average molecular weight is 634 g/mol. The zero-order chi connectivity index (χ0) is 33.4. The van der Waals surface area contributed by atoms with E-state index in [9.17, 15) is 39.0 Å². The van der Waals surface area contributed by atoms with Crippen LogP contribution in [0, 0.1) is 0 Å². The molecule has 4 unspecified atom stereocenters. The number of hydrogen-bond donors (Lipinski definition) is 9. The summed E-state index contributed by atoms with van der Waals surface area (Å²) < 4.78 is 0. The van der Waals surface area contributed by atoms with E-state index in [1.165, 1.54) is 0 Å². The van der Waals surface area contributed by atoms with Gasteiger partial charge in [-0.3, -0.25) is 24.0 Å². The molecule has 2 aromatic heterocycles. The number of aliphatic carboxylic acids is 2. The van der Waals surface area contributed by atoms with Gasteiger partial charge in [0.15, 0.2) is 0 Å². The van der Waals surface area contributed by atoms with Crippen LogP contribution in [0.5, 0.6) is 0 Å². The lowest BCUT2D eigenvalue weighted by molar-refractivity contribution is -0.143. The highest BCUT2D eigenvalue weighted by Crippen LogP contribution is 2.20. The first-order chi connectivity index (χ1) is 21.9. The zero-order valence-electron chi connectivity index (χ0n) is 24.6. The topological polar surface area (TPSA) is 263 Å². The lowest BCUT2D eigenvalue weighted by Crippen LogP contribution is -2.58. The summed E-state index contributed by atoms with van der Waals surface area (Å²) in [7, 11) is 0. The van der Waals surface area contributed by atoms with Crippen LogP contribution in [0.1, 0.15) is 30.4 Å². The number of aromatic amines is 2. The SMILES string of the molecule is NC(=O)CC(NC(=O)C(Cc1c[nH]c2ccccc12)NC(=O)C(CCC(=O)O)NC(=O)C(N)Cc1c[nH]c2ccccc12)C(=O)O. The summed E-state index contributed by atoms with van der Waals surface area (Å²) in [5, 5.41) is 27.7. The summed E-state index contributed by atoms with van der Waals surface area (Å²) in [6.45, 7) is 0. The van der Waals surface area contributed by atoms with Crippen LogP contribution in [0.2, 0.25) is 0 Å². The van der Waals surface area contributed by atoms with Crippen LogP contribution in [0.25, 0.3) is 21.8 Å². The highest BCUT2D eigenvalue weighted by Gasteiger charge is 2.32. The van der Waals surface area contributed by atoms with Crippen LogP contribution in [0.3, 0.4) is 0 Å². The molecule has 4 atom stereocenters. The number of para-hydroxylation sites is 2. The quantitative estimate of drug-likeness (QED) is 0.0805. The third-order valence-corrected chi connectivity index (χ3v) is 7.48. The summed E-state index contributed by atoms with van der Waals surface area (Å²) in [6, 6.07) is 9.02. The molecule has 0 fully saturated rings. The first kappa shape index (κ1) is 33.2. The van der Waals surface area contributed by atoms with Gasteiger partial charge in [0.25, 0.3) is 0 Å². The molecule has 15 nitrogen and oxygen atoms in total. The fraction of sp³-hybridized carbons (Fsp3) is 0.290. The van der Waals surface area contributed by atoms with Gasteiger partial charge in [-0.2, -0.15) is 0 Å².